The molecule has 0 saturated carbocycles. The molecule has 0 aromatic heterocycles. The van der Waals surface area contributed by atoms with Crippen molar-refractivity contribution in [2.24, 2.45) is 0 Å². The SMILES string of the molecule is C/C=C/C=C\CCl. The Labute approximate surface area is 49.5 Å². The predicted molar refractivity (Wildman–Crippen MR) is 34.7 cm³/mol. The molecule has 0 rings (SSSR count). The van der Waals surface area contributed by atoms with Crippen LogP contribution in [-0.4, -0.2) is 5.88 Å². The molecule has 0 fully saturated rings. The van der Waals surface area contributed by atoms with Crippen LogP contribution in [0.15, 0.2) is 24.3 Å². The van der Waals surface area contributed by atoms with Gasteiger partial charge in [-0.15, -0.1) is 11.6 Å². The first-order valence-electron chi connectivity index (χ1n) is 2.25. The summed E-state index contributed by atoms with van der Waals surface area (Å²) in [5.41, 5.74) is 0. The number of allylic oxidation sites excluding steroid dienone is 4. The lowest BCUT2D eigenvalue weighted by Crippen LogP contribution is -1.54. The molecule has 40 valence electrons. The van der Waals surface area contributed by atoms with Gasteiger partial charge in [-0.2, -0.15) is 0 Å². The number of hydrogen-bond acceptors (Lipinski definition) is 0. The zero-order valence-electron chi connectivity index (χ0n) is 4.39. The minimum absolute atomic E-state index is 0.602. The van der Waals surface area contributed by atoms with Gasteiger partial charge in [0.25, 0.3) is 0 Å². The second-order valence-electron chi connectivity index (χ2n) is 1.11. The Bertz CT molecular complexity index is 72.2. The average Bonchev–Trinajstić information content (AvgIpc) is 1.69. The van der Waals surface area contributed by atoms with E-state index in [1.165, 1.54) is 0 Å². The van der Waals surface area contributed by atoms with Crippen LogP contribution in [0.1, 0.15) is 6.92 Å². The highest BCUT2D eigenvalue weighted by Crippen LogP contribution is 1.78. The Balaban J connectivity index is 3.09. The highest BCUT2D eigenvalue weighted by molar-refractivity contribution is 6.18. The fourth-order valence-corrected chi connectivity index (χ4v) is 0.344. The normalized spacial score (nSPS) is 11.7. The van der Waals surface area contributed by atoms with Crippen molar-refractivity contribution in [3.05, 3.63) is 24.3 Å². The van der Waals surface area contributed by atoms with Gasteiger partial charge in [0.2, 0.25) is 0 Å². The summed E-state index contributed by atoms with van der Waals surface area (Å²) < 4.78 is 0. The minimum Gasteiger partial charge on any atom is -0.122 e. The van der Waals surface area contributed by atoms with Crippen molar-refractivity contribution >= 4 is 11.6 Å². The lowest BCUT2D eigenvalue weighted by atomic mass is 10.5. The van der Waals surface area contributed by atoms with E-state index < -0.39 is 0 Å². The molecule has 0 saturated heterocycles. The van der Waals surface area contributed by atoms with Crippen molar-refractivity contribution in [3.63, 3.8) is 0 Å². The van der Waals surface area contributed by atoms with Gasteiger partial charge in [-0.05, 0) is 6.92 Å². The van der Waals surface area contributed by atoms with Crippen molar-refractivity contribution in [1.82, 2.24) is 0 Å². The standard InChI is InChI=1S/C6H9Cl/c1-2-3-4-5-6-7/h2-5H,6H2,1H3/b3-2+,5-4-. The molecule has 0 nitrogen and oxygen atoms in total. The summed E-state index contributed by atoms with van der Waals surface area (Å²) in [5, 5.41) is 0. The molecule has 0 aliphatic heterocycles. The van der Waals surface area contributed by atoms with E-state index in [4.69, 9.17) is 11.6 Å². The van der Waals surface area contributed by atoms with Crippen molar-refractivity contribution in [3.8, 4) is 0 Å². The minimum atomic E-state index is 0.602. The summed E-state index contributed by atoms with van der Waals surface area (Å²) in [4.78, 5) is 0. The fourth-order valence-electron chi connectivity index (χ4n) is 0.241. The van der Waals surface area contributed by atoms with Crippen LogP contribution < -0.4 is 0 Å². The first-order valence-corrected chi connectivity index (χ1v) is 2.79. The lowest BCUT2D eigenvalue weighted by molar-refractivity contribution is 1.69. The molecule has 0 N–H and O–H groups in total. The fraction of sp³-hybridized carbons (Fsp3) is 0.333. The quantitative estimate of drug-likeness (QED) is 0.384. The molecule has 0 bridgehead atoms. The van der Waals surface area contributed by atoms with Crippen LogP contribution in [0, 0.1) is 0 Å². The van der Waals surface area contributed by atoms with Crippen LogP contribution in [0.2, 0.25) is 0 Å². The lowest BCUT2D eigenvalue weighted by Gasteiger charge is -1.68. The van der Waals surface area contributed by atoms with Gasteiger partial charge in [0.1, 0.15) is 0 Å². The van der Waals surface area contributed by atoms with Gasteiger partial charge in [-0.3, -0.25) is 0 Å². The third kappa shape index (κ3) is 5.77. The summed E-state index contributed by atoms with van der Waals surface area (Å²) in [6.45, 7) is 1.97. The largest absolute Gasteiger partial charge is 0.122 e. The molecular formula is C6H9Cl. The second kappa shape index (κ2) is 5.77. The maximum Gasteiger partial charge on any atom is 0.0407 e. The van der Waals surface area contributed by atoms with E-state index in [1.54, 1.807) is 0 Å². The zero-order chi connectivity index (χ0) is 5.54. The molecule has 7 heavy (non-hydrogen) atoms. The topological polar surface area (TPSA) is 0 Å². The molecule has 0 aromatic carbocycles. The maximum absolute atomic E-state index is 5.32. The van der Waals surface area contributed by atoms with Crippen molar-refractivity contribution in [2.45, 2.75) is 6.92 Å². The van der Waals surface area contributed by atoms with Crippen molar-refractivity contribution < 1.29 is 0 Å². The Morgan fingerprint density at radius 3 is 2.57 bits per heavy atom. The van der Waals surface area contributed by atoms with E-state index in [2.05, 4.69) is 0 Å². The van der Waals surface area contributed by atoms with E-state index in [-0.39, 0.29) is 0 Å². The molecule has 0 amide bonds. The predicted octanol–water partition coefficient (Wildman–Crippen LogP) is 2.36. The molecule has 0 spiro atoms. The summed E-state index contributed by atoms with van der Waals surface area (Å²) in [6, 6.07) is 0. The molecule has 0 heterocycles. The first-order chi connectivity index (χ1) is 3.41. The molecule has 0 atom stereocenters. The van der Waals surface area contributed by atoms with Crippen LogP contribution in [0.5, 0.6) is 0 Å². The van der Waals surface area contributed by atoms with Crippen LogP contribution in [0.3, 0.4) is 0 Å². The molecule has 1 heteroatoms. The van der Waals surface area contributed by atoms with Crippen molar-refractivity contribution in [1.29, 1.82) is 0 Å². The zero-order valence-corrected chi connectivity index (χ0v) is 5.15. The summed E-state index contributed by atoms with van der Waals surface area (Å²) in [6.07, 6.45) is 7.72. The van der Waals surface area contributed by atoms with E-state index in [9.17, 15) is 0 Å². The number of rotatable bonds is 2. The van der Waals surface area contributed by atoms with E-state index >= 15 is 0 Å². The summed E-state index contributed by atoms with van der Waals surface area (Å²) >= 11 is 5.32. The molecule has 0 unspecified atom stereocenters. The molecular weight excluding hydrogens is 108 g/mol. The number of hydrogen-bond donors (Lipinski definition) is 0. The van der Waals surface area contributed by atoms with Crippen LogP contribution in [-0.2, 0) is 0 Å². The smallest absolute Gasteiger partial charge is 0.0407 e. The Kier molecular flexibility index (Phi) is 5.58. The third-order valence-corrected chi connectivity index (χ3v) is 0.707. The Hall–Kier alpha value is -0.230. The number of halogens is 1. The van der Waals surface area contributed by atoms with Gasteiger partial charge in [-0.25, -0.2) is 0 Å². The molecule has 0 aliphatic rings. The van der Waals surface area contributed by atoms with E-state index in [0.717, 1.165) is 0 Å². The van der Waals surface area contributed by atoms with E-state index in [1.807, 2.05) is 31.2 Å². The Morgan fingerprint density at radius 2 is 2.14 bits per heavy atom. The van der Waals surface area contributed by atoms with Gasteiger partial charge >= 0.3 is 0 Å². The van der Waals surface area contributed by atoms with Crippen LogP contribution >= 0.6 is 11.6 Å². The Morgan fingerprint density at radius 1 is 1.43 bits per heavy atom. The van der Waals surface area contributed by atoms with Crippen LogP contribution in [0.25, 0.3) is 0 Å². The first kappa shape index (κ1) is 6.77. The highest BCUT2D eigenvalue weighted by Gasteiger charge is 1.59. The second-order valence-corrected chi connectivity index (χ2v) is 1.42. The maximum atomic E-state index is 5.32. The van der Waals surface area contributed by atoms with Gasteiger partial charge < -0.3 is 0 Å². The monoisotopic (exact) mass is 116 g/mol. The average molecular weight is 117 g/mol. The summed E-state index contributed by atoms with van der Waals surface area (Å²) in [5.74, 6) is 0.602. The van der Waals surface area contributed by atoms with Gasteiger partial charge in [0.05, 0.1) is 0 Å². The summed E-state index contributed by atoms with van der Waals surface area (Å²) in [7, 11) is 0. The highest BCUT2D eigenvalue weighted by atomic mass is 35.5. The van der Waals surface area contributed by atoms with Crippen LogP contribution in [0.4, 0.5) is 0 Å². The van der Waals surface area contributed by atoms with Crippen molar-refractivity contribution in [2.75, 3.05) is 5.88 Å². The van der Waals surface area contributed by atoms with E-state index in [0.29, 0.717) is 5.88 Å². The third-order valence-electron chi connectivity index (χ3n) is 0.529. The van der Waals surface area contributed by atoms with Gasteiger partial charge in [-0.1, -0.05) is 24.3 Å². The molecule has 0 aliphatic carbocycles. The molecule has 0 radical (unpaired) electrons. The molecule has 0 aromatic rings. The van der Waals surface area contributed by atoms with Gasteiger partial charge in [0.15, 0.2) is 0 Å². The van der Waals surface area contributed by atoms with Gasteiger partial charge in [0, 0.05) is 5.88 Å². The number of alkyl halides is 1.